The van der Waals surface area contributed by atoms with Crippen molar-refractivity contribution in [3.05, 3.63) is 94.3 Å². The van der Waals surface area contributed by atoms with Crippen molar-refractivity contribution in [3.63, 3.8) is 0 Å². The Morgan fingerprint density at radius 3 is 2.12 bits per heavy atom. The Morgan fingerprint density at radius 2 is 1.48 bits per heavy atom. The van der Waals surface area contributed by atoms with Crippen LogP contribution in [0.5, 0.6) is 0 Å². The lowest BCUT2D eigenvalue weighted by atomic mass is 9.78. The molecule has 0 bridgehead atoms. The van der Waals surface area contributed by atoms with E-state index in [1.807, 2.05) is 0 Å². The van der Waals surface area contributed by atoms with Crippen LogP contribution in [0.2, 0.25) is 0 Å². The van der Waals surface area contributed by atoms with Gasteiger partial charge >= 0.3 is 20.2 Å². The lowest BCUT2D eigenvalue weighted by molar-refractivity contribution is -0.197. The molecule has 0 aromatic heterocycles. The van der Waals surface area contributed by atoms with Gasteiger partial charge in [-0.2, -0.15) is 0 Å². The summed E-state index contributed by atoms with van der Waals surface area (Å²) >= 11 is 0. The molecule has 18 heteroatoms. The van der Waals surface area contributed by atoms with Crippen molar-refractivity contribution in [2.45, 2.75) is 57.0 Å². The summed E-state index contributed by atoms with van der Waals surface area (Å²) in [4.78, 5) is 84.9. The number of hydrogen-bond acceptors (Lipinski definition) is 11. The highest BCUT2D eigenvalue weighted by atomic mass is 19.1. The number of halogens is 1. The van der Waals surface area contributed by atoms with Crippen molar-refractivity contribution >= 4 is 60.7 Å². The third-order valence-electron chi connectivity index (χ3n) is 9.48. The smallest absolute Gasteiger partial charge is 0.423 e. The average Bonchev–Trinajstić information content (AvgIpc) is 3.91. The zero-order valence-electron chi connectivity index (χ0n) is 27.5. The van der Waals surface area contributed by atoms with Crippen LogP contribution in [0, 0.1) is 5.82 Å². The van der Waals surface area contributed by atoms with E-state index in [-0.39, 0.29) is 50.1 Å². The Kier molecular flexibility index (Phi) is 9.63. The average molecular weight is 712 g/mol. The number of rotatable bonds is 9. The number of carbonyl (C=O) groups is 6. The van der Waals surface area contributed by atoms with Crippen molar-refractivity contribution in [2.24, 2.45) is 0 Å². The highest BCUT2D eigenvalue weighted by molar-refractivity contribution is 6.62. The van der Waals surface area contributed by atoms with Gasteiger partial charge < -0.3 is 39.7 Å². The predicted molar refractivity (Wildman–Crippen MR) is 177 cm³/mol. The number of nitrogens with zero attached hydrogens (tertiary/aromatic N) is 2. The number of hydroxylamine groups is 2. The van der Waals surface area contributed by atoms with E-state index in [1.54, 1.807) is 24.3 Å². The van der Waals surface area contributed by atoms with E-state index >= 15 is 0 Å². The molecule has 4 heterocycles. The molecule has 3 aromatic rings. The molecule has 2 fully saturated rings. The van der Waals surface area contributed by atoms with Gasteiger partial charge in [0.2, 0.25) is 5.91 Å². The third-order valence-corrected chi connectivity index (χ3v) is 9.48. The lowest BCUT2D eigenvalue weighted by Crippen LogP contribution is -2.47. The molecule has 0 aliphatic carbocycles. The van der Waals surface area contributed by atoms with Crippen molar-refractivity contribution in [1.82, 2.24) is 20.6 Å². The molecule has 4 N–H and O–H groups in total. The molecule has 3 atom stereocenters. The van der Waals surface area contributed by atoms with Gasteiger partial charge in [-0.1, -0.05) is 24.3 Å². The highest BCUT2D eigenvalue weighted by Crippen LogP contribution is 2.26. The molecule has 266 valence electrons. The number of imide groups is 1. The standard InChI is InChI=1S/C34H31B2FN4O11/c37-23-7-5-18(6-8-23)27(14-31(44)52-41-29(42)9-10-30(41)43)39-33(46)28-13-24(38-32(45)19-1-3-21-16-50-35(48)25(21)11-19)15-40(28)34(47)20-2-4-22-17-51-36(49)26(22)12-20/h1-8,11-12,24,27-28,48-49H,9-10,13-17H2,(H,38,45)(H,39,46)/t24-,27+,28+/m1/s1. The van der Waals surface area contributed by atoms with Crippen molar-refractivity contribution in [3.8, 4) is 0 Å². The van der Waals surface area contributed by atoms with Gasteiger partial charge in [0.1, 0.15) is 11.9 Å². The molecule has 52 heavy (non-hydrogen) atoms. The number of hydrogen-bond donors (Lipinski definition) is 4. The number of amides is 5. The molecular formula is C34H31B2FN4O11. The summed E-state index contributed by atoms with van der Waals surface area (Å²) in [7, 11) is -2.40. The van der Waals surface area contributed by atoms with Gasteiger partial charge in [-0.25, -0.2) is 9.18 Å². The van der Waals surface area contributed by atoms with Crippen LogP contribution < -0.4 is 21.6 Å². The van der Waals surface area contributed by atoms with Crippen LogP contribution in [0.3, 0.4) is 0 Å². The predicted octanol–water partition coefficient (Wildman–Crippen LogP) is -0.871. The summed E-state index contributed by atoms with van der Waals surface area (Å²) in [5.41, 5.74) is 2.97. The Balaban J connectivity index is 1.13. The molecular weight excluding hydrogens is 681 g/mol. The van der Waals surface area contributed by atoms with Crippen LogP contribution >= 0.6 is 0 Å². The fourth-order valence-corrected chi connectivity index (χ4v) is 6.73. The quantitative estimate of drug-likeness (QED) is 0.159. The fourth-order valence-electron chi connectivity index (χ4n) is 6.73. The zero-order valence-corrected chi connectivity index (χ0v) is 27.5. The van der Waals surface area contributed by atoms with Gasteiger partial charge in [0.25, 0.3) is 23.6 Å². The first-order chi connectivity index (χ1) is 24.9. The topological polar surface area (TPSA) is 201 Å². The second kappa shape index (κ2) is 14.3. The first-order valence-corrected chi connectivity index (χ1v) is 16.5. The molecule has 0 spiro atoms. The molecule has 0 radical (unpaired) electrons. The number of likely N-dealkylation sites (tertiary alicyclic amines) is 1. The van der Waals surface area contributed by atoms with Crippen molar-refractivity contribution in [2.75, 3.05) is 6.54 Å². The van der Waals surface area contributed by atoms with Gasteiger partial charge in [0, 0.05) is 36.6 Å². The maximum absolute atomic E-state index is 14.1. The molecule has 0 saturated carbocycles. The summed E-state index contributed by atoms with van der Waals surface area (Å²) in [6, 6.07) is 11.3. The second-order valence-corrected chi connectivity index (χ2v) is 12.9. The van der Waals surface area contributed by atoms with Gasteiger partial charge in [-0.15, -0.1) is 5.06 Å². The van der Waals surface area contributed by atoms with E-state index in [1.165, 1.54) is 29.2 Å². The van der Waals surface area contributed by atoms with E-state index in [2.05, 4.69) is 10.6 Å². The summed E-state index contributed by atoms with van der Waals surface area (Å²) in [6.45, 7) is 0.261. The minimum Gasteiger partial charge on any atom is -0.423 e. The number of benzene rings is 3. The number of carbonyl (C=O) groups excluding carboxylic acids is 6. The Hall–Kier alpha value is -5.42. The molecule has 15 nitrogen and oxygen atoms in total. The molecule has 7 rings (SSSR count). The van der Waals surface area contributed by atoms with E-state index in [0.29, 0.717) is 27.1 Å². The zero-order chi connectivity index (χ0) is 36.7. The van der Waals surface area contributed by atoms with E-state index in [4.69, 9.17) is 14.1 Å². The number of nitrogens with one attached hydrogen (secondary N) is 2. The highest BCUT2D eigenvalue weighted by Gasteiger charge is 2.42. The minimum absolute atomic E-state index is 0.0476. The summed E-state index contributed by atoms with van der Waals surface area (Å²) < 4.78 is 24.3. The van der Waals surface area contributed by atoms with Crippen molar-refractivity contribution < 1.29 is 57.4 Å². The minimum atomic E-state index is -1.23. The van der Waals surface area contributed by atoms with Gasteiger partial charge in [0.05, 0.1) is 25.7 Å². The largest absolute Gasteiger partial charge is 0.491 e. The maximum Gasteiger partial charge on any atom is 0.491 e. The Labute approximate surface area is 296 Å². The van der Waals surface area contributed by atoms with E-state index in [0.717, 1.165) is 17.7 Å². The van der Waals surface area contributed by atoms with E-state index < -0.39 is 80.1 Å². The summed E-state index contributed by atoms with van der Waals surface area (Å²) in [6.07, 6.45) is -0.848. The van der Waals surface area contributed by atoms with Crippen LogP contribution in [0.1, 0.15) is 69.1 Å². The van der Waals surface area contributed by atoms with Crippen molar-refractivity contribution in [1.29, 1.82) is 0 Å². The molecule has 0 unspecified atom stereocenters. The molecule has 4 aliphatic heterocycles. The van der Waals surface area contributed by atoms with Gasteiger partial charge in [-0.05, 0) is 70.4 Å². The van der Waals surface area contributed by atoms with Crippen LogP contribution in [-0.2, 0) is 46.5 Å². The molecule has 3 aromatic carbocycles. The van der Waals surface area contributed by atoms with Crippen LogP contribution in [0.15, 0.2) is 60.7 Å². The van der Waals surface area contributed by atoms with Gasteiger partial charge in [0.15, 0.2) is 0 Å². The molecule has 4 aliphatic rings. The van der Waals surface area contributed by atoms with Gasteiger partial charge in [-0.3, -0.25) is 24.0 Å². The summed E-state index contributed by atoms with van der Waals surface area (Å²) in [5, 5.41) is 26.3. The maximum atomic E-state index is 14.1. The molecule has 2 saturated heterocycles. The SMILES string of the molecule is O=C(C[C@H](NC(=O)[C@@H]1C[C@@H](NC(=O)c2ccc3c(c2)B(O)OC3)CN1C(=O)c1ccc2c(c1)B(O)OC2)c1ccc(F)cc1)ON1C(=O)CCC1=O. The fraction of sp³-hybridized carbons (Fsp3) is 0.294. The van der Waals surface area contributed by atoms with E-state index in [9.17, 15) is 43.2 Å². The normalized spacial score (nSPS) is 19.8. The number of fused-ring (bicyclic) bond motifs is 2. The van der Waals surface area contributed by atoms with Crippen LogP contribution in [0.25, 0.3) is 0 Å². The second-order valence-electron chi connectivity index (χ2n) is 12.9. The molecule has 5 amide bonds. The Bertz CT molecular complexity index is 1970. The first-order valence-electron chi connectivity index (χ1n) is 16.5. The first kappa shape index (κ1) is 35.0. The Morgan fingerprint density at radius 1 is 0.885 bits per heavy atom. The summed E-state index contributed by atoms with van der Waals surface area (Å²) in [5.74, 6) is -4.80. The third kappa shape index (κ3) is 7.05. The van der Waals surface area contributed by atoms with Crippen LogP contribution in [-0.4, -0.2) is 88.4 Å². The lowest BCUT2D eigenvalue weighted by Gasteiger charge is -2.27. The monoisotopic (exact) mass is 712 g/mol. The van der Waals surface area contributed by atoms with Crippen LogP contribution in [0.4, 0.5) is 4.39 Å².